The minimum Gasteiger partial charge on any atom is -0.0775 e. The van der Waals surface area contributed by atoms with Crippen LogP contribution in [0.5, 0.6) is 0 Å². The molecule has 0 amide bonds. The second kappa shape index (κ2) is 3.61. The zero-order chi connectivity index (χ0) is 9.10. The van der Waals surface area contributed by atoms with Gasteiger partial charge in [-0.1, -0.05) is 53.6 Å². The average Bonchev–Trinajstić information content (AvgIpc) is 2.53. The Morgan fingerprint density at radius 1 is 1.15 bits per heavy atom. The number of allylic oxidation sites excluding steroid dienone is 4. The molecule has 1 aliphatic carbocycles. The van der Waals surface area contributed by atoms with Crippen molar-refractivity contribution in [3.8, 4) is 0 Å². The van der Waals surface area contributed by atoms with Crippen LogP contribution >= 0.6 is 0 Å². The zero-order valence-corrected chi connectivity index (χ0v) is 7.96. The fourth-order valence-electron chi connectivity index (χ4n) is 1.71. The number of hydrogen-bond acceptors (Lipinski definition) is 0. The minimum atomic E-state index is 1.11. The van der Waals surface area contributed by atoms with Gasteiger partial charge in [-0.15, -0.1) is 0 Å². The van der Waals surface area contributed by atoms with Gasteiger partial charge in [0.05, 0.1) is 0 Å². The molecule has 0 spiro atoms. The van der Waals surface area contributed by atoms with E-state index >= 15 is 0 Å². The number of benzene rings is 1. The van der Waals surface area contributed by atoms with Gasteiger partial charge < -0.3 is 0 Å². The van der Waals surface area contributed by atoms with Gasteiger partial charge in [-0.25, -0.2) is 0 Å². The summed E-state index contributed by atoms with van der Waals surface area (Å²) in [6, 6.07) is 10.6. The molecule has 0 fully saturated rings. The molecule has 13 heavy (non-hydrogen) atoms. The summed E-state index contributed by atoms with van der Waals surface area (Å²) in [6.07, 6.45) is 6.83. The molecule has 1 aromatic carbocycles. The van der Waals surface area contributed by atoms with Gasteiger partial charge in [0.1, 0.15) is 0 Å². The lowest BCUT2D eigenvalue weighted by Crippen LogP contribution is -1.86. The first-order chi connectivity index (χ1) is 6.34. The van der Waals surface area contributed by atoms with E-state index in [1.54, 1.807) is 0 Å². The smallest absolute Gasteiger partial charge is 0.00608 e. The zero-order valence-electron chi connectivity index (χ0n) is 7.96. The van der Waals surface area contributed by atoms with Crippen molar-refractivity contribution in [2.75, 3.05) is 0 Å². The van der Waals surface area contributed by atoms with Gasteiger partial charge in [-0.3, -0.25) is 0 Å². The fourth-order valence-corrected chi connectivity index (χ4v) is 1.71. The Morgan fingerprint density at radius 2 is 1.92 bits per heavy atom. The van der Waals surface area contributed by atoms with Crippen LogP contribution in [0.2, 0.25) is 0 Å². The largest absolute Gasteiger partial charge is 0.0775 e. The maximum atomic E-state index is 2.30. The van der Waals surface area contributed by atoms with Crippen molar-refractivity contribution in [2.45, 2.75) is 19.8 Å². The molecule has 0 heteroatoms. The van der Waals surface area contributed by atoms with Crippen molar-refractivity contribution in [2.24, 2.45) is 0 Å². The molecule has 0 aliphatic heterocycles. The lowest BCUT2D eigenvalue weighted by atomic mass is 10.0. The van der Waals surface area contributed by atoms with E-state index in [2.05, 4.69) is 49.4 Å². The van der Waals surface area contributed by atoms with Crippen LogP contribution in [-0.2, 0) is 6.42 Å². The van der Waals surface area contributed by atoms with Crippen LogP contribution in [0, 0.1) is 0 Å². The molecule has 0 aromatic heterocycles. The standard InChI is InChI=1S/C13H14/c1-11-7-8-13(9-11)10-12-5-3-2-4-6-12/h2-7,9H,8,10H2,1H3. The van der Waals surface area contributed by atoms with E-state index in [-0.39, 0.29) is 0 Å². The molecule has 0 nitrogen and oxygen atoms in total. The van der Waals surface area contributed by atoms with Crippen molar-refractivity contribution in [3.63, 3.8) is 0 Å². The molecule has 0 atom stereocenters. The summed E-state index contributed by atoms with van der Waals surface area (Å²) in [4.78, 5) is 0. The van der Waals surface area contributed by atoms with Gasteiger partial charge in [0.2, 0.25) is 0 Å². The third-order valence-electron chi connectivity index (χ3n) is 2.39. The van der Waals surface area contributed by atoms with Gasteiger partial charge in [0.25, 0.3) is 0 Å². The van der Waals surface area contributed by atoms with Crippen LogP contribution in [0.1, 0.15) is 18.9 Å². The summed E-state index contributed by atoms with van der Waals surface area (Å²) in [7, 11) is 0. The summed E-state index contributed by atoms with van der Waals surface area (Å²) < 4.78 is 0. The fraction of sp³-hybridized carbons (Fsp3) is 0.231. The van der Waals surface area contributed by atoms with E-state index in [4.69, 9.17) is 0 Å². The highest BCUT2D eigenvalue weighted by Crippen LogP contribution is 2.20. The molecule has 2 rings (SSSR count). The second-order valence-corrected chi connectivity index (χ2v) is 3.62. The SMILES string of the molecule is CC1=CCC(Cc2ccccc2)=C1. The second-order valence-electron chi connectivity index (χ2n) is 3.62. The first-order valence-corrected chi connectivity index (χ1v) is 4.75. The summed E-state index contributed by atoms with van der Waals surface area (Å²) in [6.45, 7) is 2.16. The maximum absolute atomic E-state index is 2.30. The molecular formula is C13H14. The van der Waals surface area contributed by atoms with Gasteiger partial charge in [0, 0.05) is 0 Å². The van der Waals surface area contributed by atoms with Gasteiger partial charge in [0.15, 0.2) is 0 Å². The average molecular weight is 170 g/mol. The summed E-state index contributed by atoms with van der Waals surface area (Å²) in [5.74, 6) is 0. The normalized spacial score (nSPS) is 15.5. The Hall–Kier alpha value is -1.30. The third-order valence-corrected chi connectivity index (χ3v) is 2.39. The monoisotopic (exact) mass is 170 g/mol. The van der Waals surface area contributed by atoms with Crippen molar-refractivity contribution in [3.05, 3.63) is 59.2 Å². The maximum Gasteiger partial charge on any atom is -0.00608 e. The Kier molecular flexibility index (Phi) is 2.31. The summed E-state index contributed by atoms with van der Waals surface area (Å²) >= 11 is 0. The van der Waals surface area contributed by atoms with Crippen molar-refractivity contribution >= 4 is 0 Å². The Morgan fingerprint density at radius 3 is 2.54 bits per heavy atom. The molecule has 0 radical (unpaired) electrons. The van der Waals surface area contributed by atoms with Crippen molar-refractivity contribution in [1.29, 1.82) is 0 Å². The highest BCUT2D eigenvalue weighted by molar-refractivity contribution is 5.34. The quantitative estimate of drug-likeness (QED) is 0.637. The van der Waals surface area contributed by atoms with E-state index in [1.165, 1.54) is 16.7 Å². The van der Waals surface area contributed by atoms with Gasteiger partial charge in [-0.05, 0) is 25.3 Å². The molecule has 0 saturated carbocycles. The van der Waals surface area contributed by atoms with E-state index < -0.39 is 0 Å². The van der Waals surface area contributed by atoms with Crippen LogP contribution in [-0.4, -0.2) is 0 Å². The molecule has 0 N–H and O–H groups in total. The van der Waals surface area contributed by atoms with Crippen LogP contribution in [0.25, 0.3) is 0 Å². The van der Waals surface area contributed by atoms with Crippen molar-refractivity contribution < 1.29 is 0 Å². The third kappa shape index (κ3) is 2.09. The van der Waals surface area contributed by atoms with Crippen molar-refractivity contribution in [1.82, 2.24) is 0 Å². The highest BCUT2D eigenvalue weighted by Gasteiger charge is 2.03. The molecule has 66 valence electrons. The van der Waals surface area contributed by atoms with E-state index in [0.29, 0.717) is 0 Å². The lowest BCUT2D eigenvalue weighted by molar-refractivity contribution is 1.09. The summed E-state index contributed by atoms with van der Waals surface area (Å²) in [5, 5.41) is 0. The molecule has 0 saturated heterocycles. The number of hydrogen-bond donors (Lipinski definition) is 0. The van der Waals surface area contributed by atoms with Gasteiger partial charge >= 0.3 is 0 Å². The number of rotatable bonds is 2. The van der Waals surface area contributed by atoms with E-state index in [0.717, 1.165) is 12.8 Å². The Labute approximate surface area is 79.6 Å². The molecule has 0 heterocycles. The molecule has 1 aromatic rings. The van der Waals surface area contributed by atoms with Crippen LogP contribution in [0.4, 0.5) is 0 Å². The molecular weight excluding hydrogens is 156 g/mol. The highest BCUT2D eigenvalue weighted by atomic mass is 14.1. The van der Waals surface area contributed by atoms with Crippen LogP contribution in [0.15, 0.2) is 53.6 Å². The molecule has 1 aliphatic rings. The minimum absolute atomic E-state index is 1.11. The summed E-state index contributed by atoms with van der Waals surface area (Å²) in [5.41, 5.74) is 4.35. The van der Waals surface area contributed by atoms with Crippen LogP contribution in [0.3, 0.4) is 0 Å². The first-order valence-electron chi connectivity index (χ1n) is 4.75. The molecule has 0 bridgehead atoms. The Bertz CT molecular complexity index is 342. The van der Waals surface area contributed by atoms with Crippen LogP contribution < -0.4 is 0 Å². The predicted octanol–water partition coefficient (Wildman–Crippen LogP) is 3.51. The van der Waals surface area contributed by atoms with E-state index in [1.807, 2.05) is 0 Å². The first kappa shape index (κ1) is 8.31. The predicted molar refractivity (Wildman–Crippen MR) is 56.6 cm³/mol. The van der Waals surface area contributed by atoms with E-state index in [9.17, 15) is 0 Å². The lowest BCUT2D eigenvalue weighted by Gasteiger charge is -2.00. The molecule has 0 unspecified atom stereocenters. The van der Waals surface area contributed by atoms with Gasteiger partial charge in [-0.2, -0.15) is 0 Å². The Balaban J connectivity index is 2.05. The topological polar surface area (TPSA) is 0 Å².